The van der Waals surface area contributed by atoms with Crippen LogP contribution in [0.25, 0.3) is 0 Å². The topological polar surface area (TPSA) is 123 Å². The summed E-state index contributed by atoms with van der Waals surface area (Å²) in [5, 5.41) is 7.94. The zero-order chi connectivity index (χ0) is 21.9. The van der Waals surface area contributed by atoms with Gasteiger partial charge in [-0.3, -0.25) is 9.59 Å². The minimum Gasteiger partial charge on any atom is -0.457 e. The molecule has 0 saturated heterocycles. The van der Waals surface area contributed by atoms with Gasteiger partial charge in [0, 0.05) is 6.54 Å². The third-order valence-corrected chi connectivity index (χ3v) is 4.27. The first-order chi connectivity index (χ1) is 14.4. The molecule has 0 aliphatic heterocycles. The first kappa shape index (κ1) is 22.7. The molecule has 5 N–H and O–H groups in total. The van der Waals surface area contributed by atoms with E-state index in [0.717, 1.165) is 6.42 Å². The van der Waals surface area contributed by atoms with Crippen LogP contribution in [0.2, 0.25) is 0 Å². The first-order valence-electron chi connectivity index (χ1n) is 9.85. The molecule has 8 nitrogen and oxygen atoms in total. The van der Waals surface area contributed by atoms with Crippen LogP contribution in [-0.2, 0) is 9.59 Å². The minimum atomic E-state index is -0.754. The Morgan fingerprint density at radius 3 is 2.37 bits per heavy atom. The number of hydrogen-bond acceptors (Lipinski definition) is 4. The van der Waals surface area contributed by atoms with Gasteiger partial charge in [0.2, 0.25) is 11.8 Å². The number of benzene rings is 2. The summed E-state index contributed by atoms with van der Waals surface area (Å²) in [6.07, 6.45) is 0.724. The molecule has 30 heavy (non-hydrogen) atoms. The third kappa shape index (κ3) is 7.46. The molecule has 2 atom stereocenters. The van der Waals surface area contributed by atoms with Crippen molar-refractivity contribution in [1.29, 1.82) is 0 Å². The van der Waals surface area contributed by atoms with Crippen LogP contribution in [0.3, 0.4) is 0 Å². The van der Waals surface area contributed by atoms with Gasteiger partial charge < -0.3 is 26.4 Å². The van der Waals surface area contributed by atoms with E-state index >= 15 is 0 Å². The van der Waals surface area contributed by atoms with E-state index < -0.39 is 18.1 Å². The molecule has 0 saturated carbocycles. The molecule has 0 spiro atoms. The molecule has 0 radical (unpaired) electrons. The Morgan fingerprint density at radius 2 is 1.70 bits per heavy atom. The lowest BCUT2D eigenvalue weighted by Gasteiger charge is -2.20. The van der Waals surface area contributed by atoms with Crippen LogP contribution in [0, 0.1) is 0 Å². The van der Waals surface area contributed by atoms with Crippen LogP contribution >= 0.6 is 0 Å². The van der Waals surface area contributed by atoms with Gasteiger partial charge in [-0.15, -0.1) is 0 Å². The van der Waals surface area contributed by atoms with Crippen LogP contribution in [0.1, 0.15) is 38.3 Å². The summed E-state index contributed by atoms with van der Waals surface area (Å²) in [5.74, 6) is 0.576. The monoisotopic (exact) mass is 412 g/mol. The Morgan fingerprint density at radius 1 is 1.00 bits per heavy atom. The van der Waals surface area contributed by atoms with Crippen LogP contribution < -0.4 is 26.4 Å². The number of hydrogen-bond donors (Lipinski definition) is 4. The number of rotatable bonds is 10. The third-order valence-electron chi connectivity index (χ3n) is 4.27. The van der Waals surface area contributed by atoms with Gasteiger partial charge in [0.05, 0.1) is 12.5 Å². The van der Waals surface area contributed by atoms with Crippen molar-refractivity contribution < 1.29 is 19.1 Å². The molecule has 2 aromatic rings. The minimum absolute atomic E-state index is 0.0802. The second-order valence-corrected chi connectivity index (χ2v) is 6.83. The molecule has 8 heteroatoms. The highest BCUT2D eigenvalue weighted by Crippen LogP contribution is 2.26. The van der Waals surface area contributed by atoms with Gasteiger partial charge >= 0.3 is 6.03 Å². The van der Waals surface area contributed by atoms with Gasteiger partial charge in [-0.25, -0.2) is 4.79 Å². The van der Waals surface area contributed by atoms with Gasteiger partial charge in [0.15, 0.2) is 0 Å². The molecule has 0 bridgehead atoms. The van der Waals surface area contributed by atoms with E-state index in [4.69, 9.17) is 10.5 Å². The molecule has 0 heterocycles. The van der Waals surface area contributed by atoms with E-state index in [9.17, 15) is 14.4 Å². The average molecular weight is 412 g/mol. The van der Waals surface area contributed by atoms with E-state index in [1.807, 2.05) is 37.3 Å². The molecule has 0 aromatic heterocycles. The summed E-state index contributed by atoms with van der Waals surface area (Å²) in [5.41, 5.74) is 5.95. The molecular formula is C22H28N4O4. The normalized spacial score (nSPS) is 12.3. The Hall–Kier alpha value is -3.55. The number of urea groups is 1. The summed E-state index contributed by atoms with van der Waals surface area (Å²) in [7, 11) is 0. The number of nitrogens with two attached hydrogens (primary N) is 1. The number of para-hydroxylation sites is 1. The van der Waals surface area contributed by atoms with E-state index in [-0.39, 0.29) is 18.2 Å². The second kappa shape index (κ2) is 11.5. The number of primary amides is 1. The van der Waals surface area contributed by atoms with Gasteiger partial charge in [0.1, 0.15) is 17.5 Å². The predicted molar refractivity (Wildman–Crippen MR) is 114 cm³/mol. The van der Waals surface area contributed by atoms with Crippen molar-refractivity contribution in [2.24, 2.45) is 5.73 Å². The fourth-order valence-corrected chi connectivity index (χ4v) is 2.80. The highest BCUT2D eigenvalue weighted by molar-refractivity contribution is 5.87. The van der Waals surface area contributed by atoms with Crippen molar-refractivity contribution in [3.05, 3.63) is 60.2 Å². The summed E-state index contributed by atoms with van der Waals surface area (Å²) in [6, 6.07) is 14.2. The number of nitrogens with one attached hydrogen (secondary N) is 3. The average Bonchev–Trinajstić information content (AvgIpc) is 2.72. The zero-order valence-corrected chi connectivity index (χ0v) is 17.2. The molecule has 0 fully saturated rings. The largest absolute Gasteiger partial charge is 0.457 e. The van der Waals surface area contributed by atoms with Crippen molar-refractivity contribution >= 4 is 17.8 Å². The highest BCUT2D eigenvalue weighted by Gasteiger charge is 2.21. The number of carbonyl (C=O) groups excluding carboxylic acids is 3. The Labute approximate surface area is 176 Å². The van der Waals surface area contributed by atoms with E-state index in [1.165, 1.54) is 0 Å². The highest BCUT2D eigenvalue weighted by atomic mass is 16.5. The summed E-state index contributed by atoms with van der Waals surface area (Å²) in [6.45, 7) is 4.09. The number of ether oxygens (including phenoxy) is 1. The molecular weight excluding hydrogens is 384 g/mol. The first-order valence-corrected chi connectivity index (χ1v) is 9.85. The zero-order valence-electron chi connectivity index (χ0n) is 17.2. The lowest BCUT2D eigenvalue weighted by atomic mass is 10.0. The Bertz CT molecular complexity index is 857. The van der Waals surface area contributed by atoms with Gasteiger partial charge in [0.25, 0.3) is 0 Å². The maximum absolute atomic E-state index is 12.5. The number of amides is 4. The van der Waals surface area contributed by atoms with Crippen LogP contribution in [0.5, 0.6) is 11.5 Å². The van der Waals surface area contributed by atoms with E-state index in [1.54, 1.807) is 31.2 Å². The lowest BCUT2D eigenvalue weighted by Crippen LogP contribution is -2.46. The van der Waals surface area contributed by atoms with Crippen molar-refractivity contribution in [3.8, 4) is 11.5 Å². The summed E-state index contributed by atoms with van der Waals surface area (Å²) in [4.78, 5) is 35.9. The Kier molecular flexibility index (Phi) is 8.68. The molecule has 0 aliphatic rings. The smallest absolute Gasteiger partial charge is 0.312 e. The molecule has 2 aromatic carbocycles. The fourth-order valence-electron chi connectivity index (χ4n) is 2.80. The molecule has 0 aliphatic carbocycles. The maximum atomic E-state index is 12.5. The van der Waals surface area contributed by atoms with Crippen molar-refractivity contribution in [2.75, 3.05) is 6.54 Å². The standard InChI is InChI=1S/C22H28N4O4/c1-3-12-24-21(28)15(2)25-20(27)14-19(26-22(23)29)16-8-7-11-18(13-16)30-17-9-5-4-6-10-17/h4-11,13,15,19H,3,12,14H2,1-2H3,(H,24,28)(H,25,27)(H3,23,26,29)/t15-,19-/m0/s1. The quantitative estimate of drug-likeness (QED) is 0.479. The molecule has 2 rings (SSSR count). The van der Waals surface area contributed by atoms with Crippen molar-refractivity contribution in [1.82, 2.24) is 16.0 Å². The second-order valence-electron chi connectivity index (χ2n) is 6.83. The molecule has 0 unspecified atom stereocenters. The van der Waals surface area contributed by atoms with Gasteiger partial charge in [-0.2, -0.15) is 0 Å². The molecule has 4 amide bonds. The fraction of sp³-hybridized carbons (Fsp3) is 0.318. The van der Waals surface area contributed by atoms with E-state index in [0.29, 0.717) is 23.6 Å². The van der Waals surface area contributed by atoms with Gasteiger partial charge in [-0.1, -0.05) is 37.3 Å². The predicted octanol–water partition coefficient (Wildman–Crippen LogP) is 2.61. The maximum Gasteiger partial charge on any atom is 0.312 e. The van der Waals surface area contributed by atoms with Crippen LogP contribution in [0.4, 0.5) is 4.79 Å². The van der Waals surface area contributed by atoms with E-state index in [2.05, 4.69) is 16.0 Å². The van der Waals surface area contributed by atoms with Crippen LogP contribution in [-0.4, -0.2) is 30.4 Å². The Balaban J connectivity index is 2.08. The molecule has 160 valence electrons. The summed E-state index contributed by atoms with van der Waals surface area (Å²) >= 11 is 0. The SMILES string of the molecule is CCCNC(=O)[C@H](C)NC(=O)C[C@H](NC(N)=O)c1cccc(Oc2ccccc2)c1. The van der Waals surface area contributed by atoms with Crippen molar-refractivity contribution in [3.63, 3.8) is 0 Å². The van der Waals surface area contributed by atoms with Crippen molar-refractivity contribution in [2.45, 2.75) is 38.8 Å². The number of carbonyl (C=O) groups is 3. The lowest BCUT2D eigenvalue weighted by molar-refractivity contribution is -0.128. The van der Waals surface area contributed by atoms with Gasteiger partial charge in [-0.05, 0) is 43.2 Å². The summed E-state index contributed by atoms with van der Waals surface area (Å²) < 4.78 is 5.82. The van der Waals surface area contributed by atoms with Crippen LogP contribution in [0.15, 0.2) is 54.6 Å².